The van der Waals surface area contributed by atoms with Crippen LogP contribution in [0.3, 0.4) is 0 Å². The van der Waals surface area contributed by atoms with Crippen molar-refractivity contribution in [3.05, 3.63) is 35.0 Å². The van der Waals surface area contributed by atoms with E-state index in [4.69, 9.17) is 16.9 Å². The molecule has 2 rings (SSSR count). The normalized spacial score (nSPS) is 11.3. The molecular formula is C11H4ClF3N2O. The number of ether oxygens (including phenoxy) is 1. The summed E-state index contributed by atoms with van der Waals surface area (Å²) in [5, 5.41) is 9.03. The molecule has 1 aromatic heterocycles. The lowest BCUT2D eigenvalue weighted by Gasteiger charge is -2.09. The first-order valence-corrected chi connectivity index (χ1v) is 5.02. The van der Waals surface area contributed by atoms with Gasteiger partial charge in [-0.3, -0.25) is 4.98 Å². The van der Waals surface area contributed by atoms with Crippen LogP contribution in [0.1, 0.15) is 5.56 Å². The molecule has 0 saturated carbocycles. The van der Waals surface area contributed by atoms with Crippen LogP contribution in [0.15, 0.2) is 24.4 Å². The van der Waals surface area contributed by atoms with Gasteiger partial charge in [-0.15, -0.1) is 13.2 Å². The lowest BCUT2D eigenvalue weighted by molar-refractivity contribution is -0.274. The Bertz CT molecular complexity index is 649. The van der Waals surface area contributed by atoms with Gasteiger partial charge in [0.1, 0.15) is 11.8 Å². The Labute approximate surface area is 104 Å². The van der Waals surface area contributed by atoms with Crippen molar-refractivity contribution in [2.24, 2.45) is 0 Å². The first-order valence-electron chi connectivity index (χ1n) is 4.65. The molecule has 2 aromatic rings. The molecule has 0 bridgehead atoms. The summed E-state index contributed by atoms with van der Waals surface area (Å²) in [5.74, 6) is -0.409. The van der Waals surface area contributed by atoms with Crippen molar-refractivity contribution in [1.29, 1.82) is 5.26 Å². The fraction of sp³-hybridized carbons (Fsp3) is 0.0909. The predicted octanol–water partition coefficient (Wildman–Crippen LogP) is 3.66. The molecule has 0 amide bonds. The van der Waals surface area contributed by atoms with Crippen molar-refractivity contribution < 1.29 is 17.9 Å². The van der Waals surface area contributed by atoms with Crippen molar-refractivity contribution in [3.63, 3.8) is 0 Å². The van der Waals surface area contributed by atoms with Gasteiger partial charge in [0.15, 0.2) is 0 Å². The predicted molar refractivity (Wildman–Crippen MR) is 58.2 cm³/mol. The number of hydrogen-bond donors (Lipinski definition) is 0. The van der Waals surface area contributed by atoms with Gasteiger partial charge < -0.3 is 4.74 Å². The minimum absolute atomic E-state index is 0.0510. The Morgan fingerprint density at radius 1 is 1.33 bits per heavy atom. The van der Waals surface area contributed by atoms with E-state index in [0.717, 1.165) is 12.1 Å². The number of pyridine rings is 1. The molecule has 0 saturated heterocycles. The molecule has 3 nitrogen and oxygen atoms in total. The zero-order valence-electron chi connectivity index (χ0n) is 8.62. The summed E-state index contributed by atoms with van der Waals surface area (Å²) in [6.07, 6.45) is -3.52. The zero-order valence-corrected chi connectivity index (χ0v) is 9.38. The number of halogens is 4. The standard InChI is InChI=1S/C11H4ClF3N2O/c12-10-6(4-16)5-17-9-2-1-7(3-8(9)10)18-11(13,14)15/h1-3,5H. The molecule has 0 spiro atoms. The molecule has 0 aliphatic heterocycles. The van der Waals surface area contributed by atoms with E-state index in [1.807, 2.05) is 0 Å². The van der Waals surface area contributed by atoms with E-state index in [0.29, 0.717) is 5.52 Å². The molecule has 0 aliphatic carbocycles. The van der Waals surface area contributed by atoms with E-state index in [1.165, 1.54) is 12.3 Å². The van der Waals surface area contributed by atoms with Crippen molar-refractivity contribution in [2.75, 3.05) is 0 Å². The smallest absolute Gasteiger partial charge is 0.406 e. The van der Waals surface area contributed by atoms with Gasteiger partial charge >= 0.3 is 6.36 Å². The first kappa shape index (κ1) is 12.5. The number of benzene rings is 1. The molecule has 0 atom stereocenters. The monoisotopic (exact) mass is 272 g/mol. The van der Waals surface area contributed by atoms with Gasteiger partial charge in [0.05, 0.1) is 16.1 Å². The topological polar surface area (TPSA) is 45.9 Å². The van der Waals surface area contributed by atoms with E-state index in [-0.39, 0.29) is 16.0 Å². The molecule has 7 heteroatoms. The minimum atomic E-state index is -4.78. The Balaban J connectivity index is 2.56. The van der Waals surface area contributed by atoms with Gasteiger partial charge in [-0.25, -0.2) is 0 Å². The Kier molecular flexibility index (Phi) is 3.01. The zero-order chi connectivity index (χ0) is 13.3. The number of nitriles is 1. The van der Waals surface area contributed by atoms with Gasteiger partial charge in [0.25, 0.3) is 0 Å². The van der Waals surface area contributed by atoms with E-state index in [2.05, 4.69) is 9.72 Å². The molecule has 0 fully saturated rings. The maximum absolute atomic E-state index is 12.1. The lowest BCUT2D eigenvalue weighted by Crippen LogP contribution is -2.17. The fourth-order valence-corrected chi connectivity index (χ4v) is 1.66. The van der Waals surface area contributed by atoms with Crippen LogP contribution in [0.5, 0.6) is 5.75 Å². The molecule has 1 heterocycles. The number of nitrogens with zero attached hydrogens (tertiary/aromatic N) is 2. The van der Waals surface area contributed by atoms with Crippen molar-refractivity contribution in [3.8, 4) is 11.8 Å². The maximum atomic E-state index is 12.1. The highest BCUT2D eigenvalue weighted by Gasteiger charge is 2.31. The molecule has 92 valence electrons. The molecule has 0 aliphatic rings. The fourth-order valence-electron chi connectivity index (χ4n) is 1.41. The van der Waals surface area contributed by atoms with Gasteiger partial charge in [-0.2, -0.15) is 5.26 Å². The number of aromatic nitrogens is 1. The first-order chi connectivity index (χ1) is 8.40. The Morgan fingerprint density at radius 2 is 2.06 bits per heavy atom. The van der Waals surface area contributed by atoms with Gasteiger partial charge in [0, 0.05) is 11.6 Å². The van der Waals surface area contributed by atoms with E-state index < -0.39 is 12.1 Å². The van der Waals surface area contributed by atoms with E-state index >= 15 is 0 Å². The van der Waals surface area contributed by atoms with Gasteiger partial charge in [-0.05, 0) is 18.2 Å². The van der Waals surface area contributed by atoms with Crippen LogP contribution in [-0.2, 0) is 0 Å². The minimum Gasteiger partial charge on any atom is -0.406 e. The second kappa shape index (κ2) is 4.35. The largest absolute Gasteiger partial charge is 0.573 e. The highest BCUT2D eigenvalue weighted by molar-refractivity contribution is 6.36. The van der Waals surface area contributed by atoms with Crippen LogP contribution in [-0.4, -0.2) is 11.3 Å². The second-order valence-electron chi connectivity index (χ2n) is 3.32. The molecule has 1 aromatic carbocycles. The van der Waals surface area contributed by atoms with Crippen LogP contribution in [0.4, 0.5) is 13.2 Å². The SMILES string of the molecule is N#Cc1cnc2ccc(OC(F)(F)F)cc2c1Cl. The highest BCUT2D eigenvalue weighted by Crippen LogP contribution is 2.30. The molecule has 0 radical (unpaired) electrons. The number of rotatable bonds is 1. The molecular weight excluding hydrogens is 269 g/mol. The van der Waals surface area contributed by atoms with Crippen LogP contribution in [0.2, 0.25) is 5.02 Å². The Hall–Kier alpha value is -2.00. The summed E-state index contributed by atoms with van der Waals surface area (Å²) in [6.45, 7) is 0. The number of hydrogen-bond acceptors (Lipinski definition) is 3. The third-order valence-electron chi connectivity index (χ3n) is 2.13. The Morgan fingerprint density at radius 3 is 2.67 bits per heavy atom. The summed E-state index contributed by atoms with van der Waals surface area (Å²) in [4.78, 5) is 3.91. The van der Waals surface area contributed by atoms with Crippen LogP contribution >= 0.6 is 11.6 Å². The van der Waals surface area contributed by atoms with E-state index in [9.17, 15) is 13.2 Å². The van der Waals surface area contributed by atoms with Crippen LogP contribution < -0.4 is 4.74 Å². The number of fused-ring (bicyclic) bond motifs is 1. The highest BCUT2D eigenvalue weighted by atomic mass is 35.5. The summed E-state index contributed by atoms with van der Waals surface area (Å²) in [7, 11) is 0. The second-order valence-corrected chi connectivity index (χ2v) is 3.70. The summed E-state index contributed by atoms with van der Waals surface area (Å²) >= 11 is 5.89. The van der Waals surface area contributed by atoms with Crippen molar-refractivity contribution in [2.45, 2.75) is 6.36 Å². The van der Waals surface area contributed by atoms with Crippen LogP contribution in [0, 0.1) is 11.3 Å². The average molecular weight is 273 g/mol. The summed E-state index contributed by atoms with van der Waals surface area (Å²) < 4.78 is 40.0. The molecule has 0 unspecified atom stereocenters. The average Bonchev–Trinajstić information content (AvgIpc) is 2.28. The molecule has 0 N–H and O–H groups in total. The molecule has 18 heavy (non-hydrogen) atoms. The van der Waals surface area contributed by atoms with Crippen LogP contribution in [0.25, 0.3) is 10.9 Å². The quantitative estimate of drug-likeness (QED) is 0.796. The lowest BCUT2D eigenvalue weighted by atomic mass is 10.1. The summed E-state index contributed by atoms with van der Waals surface area (Å²) in [5.41, 5.74) is 0.474. The van der Waals surface area contributed by atoms with Crippen molar-refractivity contribution >= 4 is 22.5 Å². The third kappa shape index (κ3) is 2.46. The third-order valence-corrected chi connectivity index (χ3v) is 2.53. The van der Waals surface area contributed by atoms with Crippen molar-refractivity contribution in [1.82, 2.24) is 4.98 Å². The van der Waals surface area contributed by atoms with E-state index in [1.54, 1.807) is 6.07 Å². The maximum Gasteiger partial charge on any atom is 0.573 e. The van der Waals surface area contributed by atoms with Gasteiger partial charge in [0.2, 0.25) is 0 Å². The summed E-state index contributed by atoms with van der Waals surface area (Å²) in [6, 6.07) is 5.36. The van der Waals surface area contributed by atoms with Gasteiger partial charge in [-0.1, -0.05) is 11.6 Å². The number of alkyl halides is 3.